The van der Waals surface area contributed by atoms with Crippen LogP contribution in [0.1, 0.15) is 27.9 Å². The van der Waals surface area contributed by atoms with Crippen LogP contribution in [0.15, 0.2) is 23.6 Å². The van der Waals surface area contributed by atoms with Gasteiger partial charge in [0.05, 0.1) is 5.69 Å². The van der Waals surface area contributed by atoms with Crippen molar-refractivity contribution >= 4 is 17.3 Å². The van der Waals surface area contributed by atoms with Gasteiger partial charge in [0.25, 0.3) is 0 Å². The number of aromatic nitrogens is 1. The van der Waals surface area contributed by atoms with Gasteiger partial charge in [0, 0.05) is 23.7 Å². The molecule has 3 heterocycles. The number of carboxylic acid groups (broad SMARTS) is 1. The summed E-state index contributed by atoms with van der Waals surface area (Å²) in [6.45, 7) is 2.84. The molecule has 0 amide bonds. The maximum atomic E-state index is 11.6. The summed E-state index contributed by atoms with van der Waals surface area (Å²) >= 11 is 1.61. The molecule has 2 N–H and O–H groups in total. The normalized spacial score (nSPS) is 18.4. The molecule has 3 rings (SSSR count). The molecule has 1 atom stereocenters. The van der Waals surface area contributed by atoms with Gasteiger partial charge in [-0.2, -0.15) is 0 Å². The first-order chi connectivity index (χ1) is 10.1. The van der Waals surface area contributed by atoms with E-state index in [-0.39, 0.29) is 5.75 Å². The highest BCUT2D eigenvalue weighted by Crippen LogP contribution is 2.34. The monoisotopic (exact) mass is 304 g/mol. The Kier molecular flexibility index (Phi) is 3.65. The standard InChI is InChI=1S/C15H16N2O3S/c1-9-2-3-12(18)11(16-9)8-17-6-4-13-10(5-7-21-13)14(17)15(19)20/h2-3,5,7,14,18H,4,6,8H2,1H3,(H,19,20). The van der Waals surface area contributed by atoms with Gasteiger partial charge >= 0.3 is 5.97 Å². The molecule has 110 valence electrons. The Balaban J connectivity index is 1.91. The Morgan fingerprint density at radius 3 is 3.05 bits per heavy atom. The van der Waals surface area contributed by atoms with E-state index in [1.807, 2.05) is 23.3 Å². The third-order valence-corrected chi connectivity index (χ3v) is 4.74. The van der Waals surface area contributed by atoms with E-state index in [1.165, 1.54) is 0 Å². The van der Waals surface area contributed by atoms with E-state index in [2.05, 4.69) is 4.98 Å². The number of pyridine rings is 1. The predicted octanol–water partition coefficient (Wildman–Crippen LogP) is 2.34. The number of nitrogens with zero attached hydrogens (tertiary/aromatic N) is 2. The lowest BCUT2D eigenvalue weighted by atomic mass is 9.99. The Bertz CT molecular complexity index is 683. The minimum Gasteiger partial charge on any atom is -0.506 e. The molecule has 0 radical (unpaired) electrons. The van der Waals surface area contributed by atoms with Gasteiger partial charge in [-0.05, 0) is 42.5 Å². The summed E-state index contributed by atoms with van der Waals surface area (Å²) in [6.07, 6.45) is 0.837. The van der Waals surface area contributed by atoms with E-state index < -0.39 is 12.0 Å². The Labute approximate surface area is 126 Å². The Hall–Kier alpha value is -1.92. The second kappa shape index (κ2) is 5.46. The van der Waals surface area contributed by atoms with Gasteiger partial charge < -0.3 is 10.2 Å². The number of hydrogen-bond acceptors (Lipinski definition) is 5. The van der Waals surface area contributed by atoms with Crippen molar-refractivity contribution in [3.05, 3.63) is 45.4 Å². The number of aryl methyl sites for hydroxylation is 1. The lowest BCUT2D eigenvalue weighted by Gasteiger charge is -2.32. The maximum absolute atomic E-state index is 11.6. The lowest BCUT2D eigenvalue weighted by Crippen LogP contribution is -2.38. The van der Waals surface area contributed by atoms with Crippen molar-refractivity contribution in [3.8, 4) is 5.75 Å². The Morgan fingerprint density at radius 2 is 2.29 bits per heavy atom. The van der Waals surface area contributed by atoms with E-state index in [4.69, 9.17) is 0 Å². The highest BCUT2D eigenvalue weighted by molar-refractivity contribution is 7.10. The van der Waals surface area contributed by atoms with Crippen molar-refractivity contribution in [1.82, 2.24) is 9.88 Å². The first-order valence-corrected chi connectivity index (χ1v) is 7.63. The van der Waals surface area contributed by atoms with E-state index in [0.29, 0.717) is 18.8 Å². The molecular formula is C15H16N2O3S. The fourth-order valence-corrected chi connectivity index (χ4v) is 3.64. The number of carbonyl (C=O) groups is 1. The third-order valence-electron chi connectivity index (χ3n) is 3.74. The number of rotatable bonds is 3. The van der Waals surface area contributed by atoms with Gasteiger partial charge in [0.15, 0.2) is 0 Å². The van der Waals surface area contributed by atoms with Gasteiger partial charge in [0.1, 0.15) is 11.8 Å². The zero-order valence-electron chi connectivity index (χ0n) is 11.6. The fraction of sp³-hybridized carbons (Fsp3) is 0.333. The number of hydrogen-bond donors (Lipinski definition) is 2. The van der Waals surface area contributed by atoms with Crippen LogP contribution in [0.5, 0.6) is 5.75 Å². The summed E-state index contributed by atoms with van der Waals surface area (Å²) in [5.74, 6) is -0.748. The van der Waals surface area contributed by atoms with Crippen molar-refractivity contribution in [2.75, 3.05) is 6.54 Å². The molecule has 0 saturated heterocycles. The molecule has 1 unspecified atom stereocenters. The summed E-state index contributed by atoms with van der Waals surface area (Å²) in [7, 11) is 0. The average molecular weight is 304 g/mol. The number of aliphatic carboxylic acids is 1. The first-order valence-electron chi connectivity index (χ1n) is 6.75. The molecule has 0 fully saturated rings. The molecule has 0 saturated carbocycles. The fourth-order valence-electron chi connectivity index (χ4n) is 2.74. The summed E-state index contributed by atoms with van der Waals surface area (Å²) in [5, 5.41) is 21.4. The van der Waals surface area contributed by atoms with Crippen LogP contribution in [0.2, 0.25) is 0 Å². The number of thiophene rings is 1. The van der Waals surface area contributed by atoms with Crippen LogP contribution in [0.3, 0.4) is 0 Å². The minimum atomic E-state index is -0.860. The molecule has 0 aliphatic carbocycles. The van der Waals surface area contributed by atoms with Crippen molar-refractivity contribution in [3.63, 3.8) is 0 Å². The van der Waals surface area contributed by atoms with Crippen molar-refractivity contribution in [1.29, 1.82) is 0 Å². The largest absolute Gasteiger partial charge is 0.506 e. The van der Waals surface area contributed by atoms with E-state index >= 15 is 0 Å². The summed E-state index contributed by atoms with van der Waals surface area (Å²) in [6, 6.07) is 4.56. The van der Waals surface area contributed by atoms with E-state index in [9.17, 15) is 15.0 Å². The van der Waals surface area contributed by atoms with Crippen LogP contribution in [0.4, 0.5) is 0 Å². The average Bonchev–Trinajstić information content (AvgIpc) is 2.90. The molecule has 1 aliphatic rings. The van der Waals surface area contributed by atoms with Crippen LogP contribution in [-0.2, 0) is 17.8 Å². The minimum absolute atomic E-state index is 0.112. The summed E-state index contributed by atoms with van der Waals surface area (Å²) in [5.41, 5.74) is 2.20. The molecule has 0 bridgehead atoms. The van der Waals surface area contributed by atoms with Gasteiger partial charge in [-0.3, -0.25) is 14.7 Å². The molecule has 21 heavy (non-hydrogen) atoms. The van der Waals surface area contributed by atoms with Gasteiger partial charge in [-0.15, -0.1) is 11.3 Å². The lowest BCUT2D eigenvalue weighted by molar-refractivity contribution is -0.144. The Morgan fingerprint density at radius 1 is 1.48 bits per heavy atom. The molecule has 0 spiro atoms. The summed E-state index contributed by atoms with van der Waals surface area (Å²) < 4.78 is 0. The number of carboxylic acids is 1. The molecule has 5 nitrogen and oxygen atoms in total. The van der Waals surface area contributed by atoms with Crippen LogP contribution >= 0.6 is 11.3 Å². The highest BCUT2D eigenvalue weighted by Gasteiger charge is 2.34. The second-order valence-electron chi connectivity index (χ2n) is 5.18. The molecule has 1 aliphatic heterocycles. The highest BCUT2D eigenvalue weighted by atomic mass is 32.1. The quantitative estimate of drug-likeness (QED) is 0.910. The van der Waals surface area contributed by atoms with Crippen LogP contribution in [0, 0.1) is 6.92 Å². The van der Waals surface area contributed by atoms with Gasteiger partial charge in [-0.25, -0.2) is 0 Å². The first kappa shape index (κ1) is 14.0. The van der Waals surface area contributed by atoms with Crippen LogP contribution in [-0.4, -0.2) is 32.6 Å². The topological polar surface area (TPSA) is 73.7 Å². The van der Waals surface area contributed by atoms with Gasteiger partial charge in [0.2, 0.25) is 0 Å². The molecule has 2 aromatic rings. The van der Waals surface area contributed by atoms with E-state index in [0.717, 1.165) is 22.6 Å². The number of fused-ring (bicyclic) bond motifs is 1. The van der Waals surface area contributed by atoms with Crippen molar-refractivity contribution in [2.45, 2.75) is 25.9 Å². The molecule has 2 aromatic heterocycles. The smallest absolute Gasteiger partial charge is 0.325 e. The maximum Gasteiger partial charge on any atom is 0.325 e. The molecular weight excluding hydrogens is 288 g/mol. The van der Waals surface area contributed by atoms with Crippen LogP contribution < -0.4 is 0 Å². The number of aromatic hydroxyl groups is 1. The molecule has 0 aromatic carbocycles. The second-order valence-corrected chi connectivity index (χ2v) is 6.18. The third kappa shape index (κ3) is 2.64. The SMILES string of the molecule is Cc1ccc(O)c(CN2CCc3sccc3C2C(=O)O)n1. The summed E-state index contributed by atoms with van der Waals surface area (Å²) in [4.78, 5) is 19.0. The van der Waals surface area contributed by atoms with Gasteiger partial charge in [-0.1, -0.05) is 0 Å². The van der Waals surface area contributed by atoms with Crippen molar-refractivity contribution < 1.29 is 15.0 Å². The predicted molar refractivity (Wildman–Crippen MR) is 79.4 cm³/mol. The van der Waals surface area contributed by atoms with E-state index in [1.54, 1.807) is 23.5 Å². The zero-order chi connectivity index (χ0) is 15.0. The van der Waals surface area contributed by atoms with Crippen LogP contribution in [0.25, 0.3) is 0 Å². The molecule has 6 heteroatoms. The zero-order valence-corrected chi connectivity index (χ0v) is 12.4. The van der Waals surface area contributed by atoms with Crippen molar-refractivity contribution in [2.24, 2.45) is 0 Å².